The zero-order valence-electron chi connectivity index (χ0n) is 10.8. The number of rotatable bonds is 5. The molecule has 1 heterocycles. The molecule has 18 heavy (non-hydrogen) atoms. The number of hydrogen-bond acceptors (Lipinski definition) is 4. The zero-order chi connectivity index (χ0) is 13.0. The standard InChI is InChI=1S/C14H19N3S/c1-3-18-9-10(2)17-13-7-6-12-11(14(13)15)5-4-8-16-12/h4-8,10,17H,3,9,15H2,1-2H3. The number of pyridine rings is 1. The topological polar surface area (TPSA) is 50.9 Å². The number of thioether (sulfide) groups is 1. The number of aromatic nitrogens is 1. The normalized spacial score (nSPS) is 12.6. The highest BCUT2D eigenvalue weighted by Crippen LogP contribution is 2.28. The highest BCUT2D eigenvalue weighted by atomic mass is 32.2. The summed E-state index contributed by atoms with van der Waals surface area (Å²) in [6, 6.07) is 8.35. The minimum atomic E-state index is 0.409. The van der Waals surface area contributed by atoms with Crippen molar-refractivity contribution in [3.8, 4) is 0 Å². The first kappa shape index (κ1) is 13.0. The van der Waals surface area contributed by atoms with Crippen molar-refractivity contribution in [1.82, 2.24) is 4.98 Å². The van der Waals surface area contributed by atoms with Gasteiger partial charge in [-0.05, 0) is 36.9 Å². The lowest BCUT2D eigenvalue weighted by Crippen LogP contribution is -2.19. The molecule has 96 valence electrons. The molecule has 2 rings (SSSR count). The van der Waals surface area contributed by atoms with E-state index < -0.39 is 0 Å². The third kappa shape index (κ3) is 2.88. The molecule has 1 aromatic carbocycles. The van der Waals surface area contributed by atoms with Crippen LogP contribution in [0.1, 0.15) is 13.8 Å². The maximum atomic E-state index is 6.19. The van der Waals surface area contributed by atoms with Gasteiger partial charge >= 0.3 is 0 Å². The Labute approximate surface area is 112 Å². The Bertz CT molecular complexity index is 527. The van der Waals surface area contributed by atoms with Crippen LogP contribution >= 0.6 is 11.8 Å². The van der Waals surface area contributed by atoms with Crippen molar-refractivity contribution < 1.29 is 0 Å². The van der Waals surface area contributed by atoms with Gasteiger partial charge < -0.3 is 11.1 Å². The third-order valence-electron chi connectivity index (χ3n) is 2.80. The number of nitrogens with one attached hydrogen (secondary N) is 1. The van der Waals surface area contributed by atoms with Crippen LogP contribution < -0.4 is 11.1 Å². The Morgan fingerprint density at radius 3 is 3.00 bits per heavy atom. The Morgan fingerprint density at radius 2 is 2.22 bits per heavy atom. The highest BCUT2D eigenvalue weighted by molar-refractivity contribution is 7.99. The third-order valence-corrected chi connectivity index (χ3v) is 3.94. The lowest BCUT2D eigenvalue weighted by Gasteiger charge is -2.17. The molecule has 0 spiro atoms. The van der Waals surface area contributed by atoms with E-state index in [4.69, 9.17) is 5.73 Å². The number of benzene rings is 1. The fraction of sp³-hybridized carbons (Fsp3) is 0.357. The smallest absolute Gasteiger partial charge is 0.0724 e. The van der Waals surface area contributed by atoms with Gasteiger partial charge in [0.2, 0.25) is 0 Å². The number of nitrogens with two attached hydrogens (primary N) is 1. The quantitative estimate of drug-likeness (QED) is 0.810. The molecule has 2 aromatic rings. The Kier molecular flexibility index (Phi) is 4.31. The van der Waals surface area contributed by atoms with Crippen LogP contribution in [0.5, 0.6) is 0 Å². The van der Waals surface area contributed by atoms with Crippen LogP contribution in [0, 0.1) is 0 Å². The first-order valence-electron chi connectivity index (χ1n) is 6.20. The molecule has 3 N–H and O–H groups in total. The highest BCUT2D eigenvalue weighted by Gasteiger charge is 2.07. The molecule has 0 saturated carbocycles. The van der Waals surface area contributed by atoms with Gasteiger partial charge in [0.25, 0.3) is 0 Å². The second-order valence-electron chi connectivity index (χ2n) is 4.30. The second kappa shape index (κ2) is 5.96. The predicted molar refractivity (Wildman–Crippen MR) is 82.2 cm³/mol. The van der Waals surface area contributed by atoms with Gasteiger partial charge in [0, 0.05) is 23.4 Å². The molecular weight excluding hydrogens is 242 g/mol. The molecule has 0 aliphatic heterocycles. The molecule has 0 amide bonds. The van der Waals surface area contributed by atoms with Crippen molar-refractivity contribution >= 4 is 34.0 Å². The SMILES string of the molecule is CCSCC(C)Nc1ccc2ncccc2c1N. The second-order valence-corrected chi connectivity index (χ2v) is 5.62. The molecule has 0 fully saturated rings. The van der Waals surface area contributed by atoms with Crippen LogP contribution in [0.2, 0.25) is 0 Å². The van der Waals surface area contributed by atoms with Crippen LogP contribution in [0.3, 0.4) is 0 Å². The molecule has 1 unspecified atom stereocenters. The summed E-state index contributed by atoms with van der Waals surface area (Å²) < 4.78 is 0. The van der Waals surface area contributed by atoms with Crippen molar-refractivity contribution in [2.45, 2.75) is 19.9 Å². The molecule has 0 aliphatic rings. The average molecular weight is 261 g/mol. The monoisotopic (exact) mass is 261 g/mol. The minimum Gasteiger partial charge on any atom is -0.397 e. The van der Waals surface area contributed by atoms with Crippen molar-refractivity contribution in [3.63, 3.8) is 0 Å². The van der Waals surface area contributed by atoms with E-state index >= 15 is 0 Å². The van der Waals surface area contributed by atoms with Gasteiger partial charge in [0.1, 0.15) is 0 Å². The Hall–Kier alpha value is -1.42. The van der Waals surface area contributed by atoms with Gasteiger partial charge in [-0.1, -0.05) is 6.92 Å². The van der Waals surface area contributed by atoms with E-state index in [0.717, 1.165) is 33.8 Å². The van der Waals surface area contributed by atoms with Crippen molar-refractivity contribution in [1.29, 1.82) is 0 Å². The largest absolute Gasteiger partial charge is 0.397 e. The summed E-state index contributed by atoms with van der Waals surface area (Å²) in [5.41, 5.74) is 8.91. The van der Waals surface area contributed by atoms with Gasteiger partial charge in [-0.2, -0.15) is 11.8 Å². The van der Waals surface area contributed by atoms with Gasteiger partial charge in [0.15, 0.2) is 0 Å². The zero-order valence-corrected chi connectivity index (χ0v) is 11.6. The first-order valence-corrected chi connectivity index (χ1v) is 7.35. The molecule has 0 bridgehead atoms. The number of nitrogen functional groups attached to an aromatic ring is 1. The Morgan fingerprint density at radius 1 is 1.39 bits per heavy atom. The number of anilines is 2. The maximum Gasteiger partial charge on any atom is 0.0724 e. The van der Waals surface area contributed by atoms with Crippen LogP contribution in [-0.4, -0.2) is 22.5 Å². The van der Waals surface area contributed by atoms with Crippen LogP contribution in [0.25, 0.3) is 10.9 Å². The van der Waals surface area contributed by atoms with Crippen LogP contribution in [0.15, 0.2) is 30.5 Å². The lowest BCUT2D eigenvalue weighted by atomic mass is 10.1. The summed E-state index contributed by atoms with van der Waals surface area (Å²) in [4.78, 5) is 4.30. The molecule has 0 aliphatic carbocycles. The summed E-state index contributed by atoms with van der Waals surface area (Å²) in [6.07, 6.45) is 1.79. The summed E-state index contributed by atoms with van der Waals surface area (Å²) in [7, 11) is 0. The molecule has 0 radical (unpaired) electrons. The fourth-order valence-electron chi connectivity index (χ4n) is 1.90. The lowest BCUT2D eigenvalue weighted by molar-refractivity contribution is 0.914. The number of fused-ring (bicyclic) bond motifs is 1. The summed E-state index contributed by atoms with van der Waals surface area (Å²) in [6.45, 7) is 4.35. The van der Waals surface area contributed by atoms with Crippen molar-refractivity contribution in [3.05, 3.63) is 30.5 Å². The van der Waals surface area contributed by atoms with E-state index in [-0.39, 0.29) is 0 Å². The van der Waals surface area contributed by atoms with Gasteiger partial charge in [-0.3, -0.25) is 4.98 Å². The average Bonchev–Trinajstić information content (AvgIpc) is 2.40. The number of nitrogens with zero attached hydrogens (tertiary/aromatic N) is 1. The molecule has 1 aromatic heterocycles. The van der Waals surface area contributed by atoms with Crippen molar-refractivity contribution in [2.75, 3.05) is 22.6 Å². The van der Waals surface area contributed by atoms with Crippen molar-refractivity contribution in [2.24, 2.45) is 0 Å². The van der Waals surface area contributed by atoms with Gasteiger partial charge in [-0.25, -0.2) is 0 Å². The van der Waals surface area contributed by atoms with Crippen LogP contribution in [-0.2, 0) is 0 Å². The summed E-state index contributed by atoms with van der Waals surface area (Å²) in [5.74, 6) is 2.23. The molecule has 0 saturated heterocycles. The maximum absolute atomic E-state index is 6.19. The molecule has 3 nitrogen and oxygen atoms in total. The van der Waals surface area contributed by atoms with E-state index in [0.29, 0.717) is 6.04 Å². The van der Waals surface area contributed by atoms with E-state index in [2.05, 4.69) is 24.1 Å². The van der Waals surface area contributed by atoms with E-state index in [1.54, 1.807) is 6.20 Å². The Balaban J connectivity index is 2.21. The summed E-state index contributed by atoms with van der Waals surface area (Å²) in [5, 5.41) is 4.48. The molecule has 1 atom stereocenters. The van der Waals surface area contributed by atoms with E-state index in [1.165, 1.54) is 0 Å². The molecular formula is C14H19N3S. The predicted octanol–water partition coefficient (Wildman–Crippen LogP) is 3.37. The first-order chi connectivity index (χ1) is 8.72. The van der Waals surface area contributed by atoms with E-state index in [1.807, 2.05) is 36.0 Å². The van der Waals surface area contributed by atoms with Gasteiger partial charge in [-0.15, -0.1) is 0 Å². The van der Waals surface area contributed by atoms with E-state index in [9.17, 15) is 0 Å². The van der Waals surface area contributed by atoms with Crippen LogP contribution in [0.4, 0.5) is 11.4 Å². The molecule has 4 heteroatoms. The summed E-state index contributed by atoms with van der Waals surface area (Å²) >= 11 is 1.93. The fourth-order valence-corrected chi connectivity index (χ4v) is 2.58. The number of hydrogen-bond donors (Lipinski definition) is 2. The van der Waals surface area contributed by atoms with Gasteiger partial charge in [0.05, 0.1) is 16.9 Å². The minimum absolute atomic E-state index is 0.409.